The molecule has 0 saturated heterocycles. The molecule has 30 heavy (non-hydrogen) atoms. The Hall–Kier alpha value is -4.27. The minimum Gasteiger partial charge on any atom is -0.319 e. The summed E-state index contributed by atoms with van der Waals surface area (Å²) in [5.74, 6) is -0.102. The molecule has 0 aliphatic rings. The molecule has 0 spiro atoms. The molecule has 3 amide bonds. The van der Waals surface area contributed by atoms with E-state index in [0.717, 1.165) is 11.3 Å². The zero-order valence-electron chi connectivity index (χ0n) is 16.4. The Labute approximate surface area is 172 Å². The highest BCUT2D eigenvalue weighted by molar-refractivity contribution is 6.03. The molecule has 0 bridgehead atoms. The van der Waals surface area contributed by atoms with E-state index in [1.165, 1.54) is 4.52 Å². The number of amides is 3. The van der Waals surface area contributed by atoms with Crippen LogP contribution in [0.5, 0.6) is 0 Å². The second-order valence-corrected chi connectivity index (χ2v) is 6.66. The monoisotopic (exact) mass is 401 g/mol. The van der Waals surface area contributed by atoms with E-state index in [9.17, 15) is 9.59 Å². The molecule has 4 aromatic rings. The maximum Gasteiger partial charge on any atom is 0.323 e. The molecule has 9 nitrogen and oxygen atoms in total. The van der Waals surface area contributed by atoms with E-state index in [0.29, 0.717) is 22.8 Å². The maximum atomic E-state index is 12.6. The summed E-state index contributed by atoms with van der Waals surface area (Å²) < 4.78 is 1.51. The molecule has 2 heterocycles. The van der Waals surface area contributed by atoms with Crippen LogP contribution in [0.3, 0.4) is 0 Å². The number of carbonyl (C=O) groups excluding carboxylic acids is 2. The minimum atomic E-state index is -0.464. The molecule has 150 valence electrons. The number of para-hydroxylation sites is 1. The summed E-state index contributed by atoms with van der Waals surface area (Å²) in [7, 11) is 0. The molecule has 0 aliphatic carbocycles. The second kappa shape index (κ2) is 8.00. The number of nitrogens with one attached hydrogen (secondary N) is 3. The Kier molecular flexibility index (Phi) is 5.08. The van der Waals surface area contributed by atoms with Gasteiger partial charge in [-0.2, -0.15) is 4.98 Å². The second-order valence-electron chi connectivity index (χ2n) is 6.66. The molecule has 0 unspecified atom stereocenters. The lowest BCUT2D eigenvalue weighted by Crippen LogP contribution is -2.20. The van der Waals surface area contributed by atoms with Crippen molar-refractivity contribution >= 4 is 34.8 Å². The van der Waals surface area contributed by atoms with Gasteiger partial charge >= 0.3 is 6.03 Å². The van der Waals surface area contributed by atoms with Crippen LogP contribution in [0, 0.1) is 13.8 Å². The third kappa shape index (κ3) is 4.09. The van der Waals surface area contributed by atoms with Gasteiger partial charge in [-0.15, -0.1) is 5.10 Å². The fraction of sp³-hybridized carbons (Fsp3) is 0.0952. The van der Waals surface area contributed by atoms with Crippen LogP contribution in [0.1, 0.15) is 21.9 Å². The molecule has 9 heteroatoms. The molecule has 2 aromatic carbocycles. The van der Waals surface area contributed by atoms with Gasteiger partial charge in [0.1, 0.15) is 0 Å². The van der Waals surface area contributed by atoms with E-state index < -0.39 is 5.91 Å². The molecule has 0 saturated carbocycles. The molecular weight excluding hydrogens is 382 g/mol. The van der Waals surface area contributed by atoms with Crippen LogP contribution in [0.25, 0.3) is 5.78 Å². The van der Waals surface area contributed by atoms with Crippen LogP contribution >= 0.6 is 0 Å². The molecular formula is C21H19N7O2. The average molecular weight is 401 g/mol. The van der Waals surface area contributed by atoms with E-state index >= 15 is 0 Å². The maximum absolute atomic E-state index is 12.6. The summed E-state index contributed by atoms with van der Waals surface area (Å²) >= 11 is 0. The van der Waals surface area contributed by atoms with Crippen LogP contribution in [0.4, 0.5) is 21.9 Å². The van der Waals surface area contributed by atoms with Crippen LogP contribution in [-0.4, -0.2) is 31.5 Å². The first kappa shape index (κ1) is 19.1. The number of carbonyl (C=O) groups is 2. The van der Waals surface area contributed by atoms with Crippen LogP contribution < -0.4 is 16.0 Å². The van der Waals surface area contributed by atoms with Gasteiger partial charge in [0.15, 0.2) is 0 Å². The summed E-state index contributed by atoms with van der Waals surface area (Å²) in [5, 5.41) is 12.5. The summed E-state index contributed by atoms with van der Waals surface area (Å²) in [6.45, 7) is 3.71. The lowest BCUT2D eigenvalue weighted by atomic mass is 10.1. The highest BCUT2D eigenvalue weighted by Gasteiger charge is 2.16. The SMILES string of the molecule is Cc1ccc(NC(=O)Nc2ccccc2)cc1NC(=O)c1nc2nccc(C)n2n1. The van der Waals surface area contributed by atoms with Crippen molar-refractivity contribution in [2.45, 2.75) is 13.8 Å². The largest absolute Gasteiger partial charge is 0.323 e. The Morgan fingerprint density at radius 3 is 2.43 bits per heavy atom. The van der Waals surface area contributed by atoms with Crippen molar-refractivity contribution in [3.63, 3.8) is 0 Å². The predicted molar refractivity (Wildman–Crippen MR) is 114 cm³/mol. The standard InChI is InChI=1S/C21H19N7O2/c1-13-8-9-16(24-21(30)23-15-6-4-3-5-7-15)12-17(13)25-19(29)18-26-20-22-11-10-14(2)28(20)27-18/h3-12H,1-2H3,(H,25,29)(H2,23,24,30). The normalized spacial score (nSPS) is 10.6. The van der Waals surface area contributed by atoms with Gasteiger partial charge in [0, 0.05) is 29.0 Å². The summed E-state index contributed by atoms with van der Waals surface area (Å²) in [6.07, 6.45) is 1.61. The quantitative estimate of drug-likeness (QED) is 0.483. The fourth-order valence-electron chi connectivity index (χ4n) is 2.83. The molecule has 0 atom stereocenters. The average Bonchev–Trinajstić information content (AvgIpc) is 3.17. The lowest BCUT2D eigenvalue weighted by molar-refractivity contribution is 0.101. The summed E-state index contributed by atoms with van der Waals surface area (Å²) in [4.78, 5) is 33.1. The van der Waals surface area contributed by atoms with Gasteiger partial charge < -0.3 is 16.0 Å². The fourth-order valence-corrected chi connectivity index (χ4v) is 2.83. The number of nitrogens with zero attached hydrogens (tertiary/aromatic N) is 4. The van der Waals surface area contributed by atoms with Crippen molar-refractivity contribution in [2.24, 2.45) is 0 Å². The van der Waals surface area contributed by atoms with Crippen molar-refractivity contribution in [2.75, 3.05) is 16.0 Å². The molecule has 0 radical (unpaired) electrons. The van der Waals surface area contributed by atoms with Gasteiger partial charge in [-0.25, -0.2) is 14.3 Å². The number of aryl methyl sites for hydroxylation is 2. The number of hydrogen-bond donors (Lipinski definition) is 3. The molecule has 0 fully saturated rings. The number of anilines is 3. The van der Waals surface area contributed by atoms with E-state index in [4.69, 9.17) is 0 Å². The topological polar surface area (TPSA) is 113 Å². The lowest BCUT2D eigenvalue weighted by Gasteiger charge is -2.11. The smallest absolute Gasteiger partial charge is 0.319 e. The molecule has 2 aromatic heterocycles. The van der Waals surface area contributed by atoms with E-state index in [-0.39, 0.29) is 11.9 Å². The van der Waals surface area contributed by atoms with Crippen LogP contribution in [0.2, 0.25) is 0 Å². The Morgan fingerprint density at radius 1 is 0.900 bits per heavy atom. The van der Waals surface area contributed by atoms with Gasteiger partial charge in [0.05, 0.1) is 0 Å². The van der Waals surface area contributed by atoms with Crippen molar-refractivity contribution in [3.05, 3.63) is 77.9 Å². The molecule has 0 aliphatic heterocycles. The number of hydrogen-bond acceptors (Lipinski definition) is 5. The molecule has 4 rings (SSSR count). The van der Waals surface area contributed by atoms with Gasteiger partial charge in [0.25, 0.3) is 11.7 Å². The zero-order valence-corrected chi connectivity index (χ0v) is 16.4. The van der Waals surface area contributed by atoms with Crippen LogP contribution in [-0.2, 0) is 0 Å². The van der Waals surface area contributed by atoms with E-state index in [1.54, 1.807) is 42.6 Å². The number of rotatable bonds is 4. The van der Waals surface area contributed by atoms with Crippen LogP contribution in [0.15, 0.2) is 60.8 Å². The van der Waals surface area contributed by atoms with Crippen molar-refractivity contribution in [1.29, 1.82) is 0 Å². The first-order valence-corrected chi connectivity index (χ1v) is 9.23. The van der Waals surface area contributed by atoms with Gasteiger partial charge in [-0.05, 0) is 49.7 Å². The molecule has 3 N–H and O–H groups in total. The number of urea groups is 1. The predicted octanol–water partition coefficient (Wildman–Crippen LogP) is 3.64. The minimum absolute atomic E-state index is 0.0105. The van der Waals surface area contributed by atoms with E-state index in [1.807, 2.05) is 32.0 Å². The van der Waals surface area contributed by atoms with Crippen molar-refractivity contribution in [1.82, 2.24) is 19.6 Å². The number of aromatic nitrogens is 4. The number of benzene rings is 2. The number of fused-ring (bicyclic) bond motifs is 1. The first-order valence-electron chi connectivity index (χ1n) is 9.23. The Morgan fingerprint density at radius 2 is 1.67 bits per heavy atom. The third-order valence-electron chi connectivity index (χ3n) is 4.41. The zero-order chi connectivity index (χ0) is 21.1. The summed E-state index contributed by atoms with van der Waals surface area (Å²) in [5.41, 5.74) is 3.40. The Balaban J connectivity index is 1.49. The summed E-state index contributed by atoms with van der Waals surface area (Å²) in [6, 6.07) is 15.7. The Bertz CT molecular complexity index is 1230. The highest BCUT2D eigenvalue weighted by Crippen LogP contribution is 2.21. The van der Waals surface area contributed by atoms with Gasteiger partial charge in [0.2, 0.25) is 5.82 Å². The van der Waals surface area contributed by atoms with E-state index in [2.05, 4.69) is 31.0 Å². The third-order valence-corrected chi connectivity index (χ3v) is 4.41. The van der Waals surface area contributed by atoms with Gasteiger partial charge in [-0.3, -0.25) is 4.79 Å². The van der Waals surface area contributed by atoms with Gasteiger partial charge in [-0.1, -0.05) is 24.3 Å². The van der Waals surface area contributed by atoms with Crippen molar-refractivity contribution < 1.29 is 9.59 Å². The van der Waals surface area contributed by atoms with Crippen molar-refractivity contribution in [3.8, 4) is 0 Å². The highest BCUT2D eigenvalue weighted by atomic mass is 16.2. The first-order chi connectivity index (χ1) is 14.5.